The van der Waals surface area contributed by atoms with Crippen LogP contribution in [-0.4, -0.2) is 103 Å². The number of imidazole rings is 2. The maximum Gasteiger partial charge on any atom is 0.472 e. The van der Waals surface area contributed by atoms with E-state index >= 15 is 0 Å². The van der Waals surface area contributed by atoms with E-state index in [0.717, 1.165) is 11.8 Å². The van der Waals surface area contributed by atoms with Crippen LogP contribution < -0.4 is 17.0 Å². The number of ether oxygens (including phenoxy) is 2. The Bertz CT molecular complexity index is 1920. The Morgan fingerprint density at radius 2 is 2.00 bits per heavy atom. The van der Waals surface area contributed by atoms with Crippen molar-refractivity contribution in [2.75, 3.05) is 31.5 Å². The number of nitrogens with zero attached hydrogens (tertiary/aromatic N) is 7. The number of aliphatic hydroxyl groups excluding tert-OH is 2. The molecule has 8 N–H and O–H groups in total. The van der Waals surface area contributed by atoms with Gasteiger partial charge in [0.1, 0.15) is 41.7 Å². The second kappa shape index (κ2) is 13.5. The molecule has 20 nitrogen and oxygen atoms in total. The minimum atomic E-state index is -4.93. The van der Waals surface area contributed by atoms with Gasteiger partial charge in [-0.2, -0.15) is 4.98 Å². The Morgan fingerprint density at radius 1 is 1.26 bits per heavy atom. The third-order valence-electron chi connectivity index (χ3n) is 7.47. The van der Waals surface area contributed by atoms with Crippen molar-refractivity contribution in [2.24, 2.45) is 0 Å². The van der Waals surface area contributed by atoms with E-state index in [1.807, 2.05) is 0 Å². The quantitative estimate of drug-likeness (QED) is 0.0583. The highest BCUT2D eigenvalue weighted by Gasteiger charge is 2.51. The first-order valence-electron chi connectivity index (χ1n) is 13.6. The first kappa shape index (κ1) is 34.5. The van der Waals surface area contributed by atoms with Crippen molar-refractivity contribution in [3.63, 3.8) is 0 Å². The van der Waals surface area contributed by atoms with E-state index in [4.69, 9.17) is 46.3 Å². The molecule has 0 aromatic carbocycles. The van der Waals surface area contributed by atoms with E-state index in [-0.39, 0.29) is 36.1 Å². The molecule has 2 unspecified atom stereocenters. The number of aliphatic hydroxyl groups is 2. The average molecular weight is 752 g/mol. The molecule has 47 heavy (non-hydrogen) atoms. The van der Waals surface area contributed by atoms with Gasteiger partial charge in [-0.15, -0.1) is 16.3 Å². The van der Waals surface area contributed by atoms with E-state index in [0.29, 0.717) is 11.2 Å². The van der Waals surface area contributed by atoms with Crippen molar-refractivity contribution in [2.45, 2.75) is 54.1 Å². The molecule has 25 heteroatoms. The van der Waals surface area contributed by atoms with Gasteiger partial charge in [-0.25, -0.2) is 24.5 Å². The molecule has 2 aliphatic rings. The summed E-state index contributed by atoms with van der Waals surface area (Å²) in [5, 5.41) is 19.0. The molecule has 254 valence electrons. The molecule has 0 amide bonds. The third-order valence-corrected chi connectivity index (χ3v) is 11.0. The van der Waals surface area contributed by atoms with Gasteiger partial charge in [0, 0.05) is 6.42 Å². The lowest BCUT2D eigenvalue weighted by Gasteiger charge is -2.28. The summed E-state index contributed by atoms with van der Waals surface area (Å²) in [4.78, 5) is 46.2. The lowest BCUT2D eigenvalue weighted by Crippen LogP contribution is -2.35. The minimum absolute atomic E-state index is 0.0466. The summed E-state index contributed by atoms with van der Waals surface area (Å²) in [5.74, 6) is -0.0279. The molecule has 2 saturated heterocycles. The monoisotopic (exact) mass is 751 g/mol. The largest absolute Gasteiger partial charge is 0.472 e. The lowest BCUT2D eigenvalue weighted by molar-refractivity contribution is -0.118. The molecule has 6 heterocycles. The van der Waals surface area contributed by atoms with E-state index in [1.54, 1.807) is 11.5 Å². The highest BCUT2D eigenvalue weighted by molar-refractivity contribution is 8.54. The smallest absolute Gasteiger partial charge is 0.395 e. The normalized spacial score (nSPS) is 29.5. The zero-order chi connectivity index (χ0) is 33.7. The molecule has 4 aromatic heterocycles. The fourth-order valence-corrected chi connectivity index (χ4v) is 8.33. The van der Waals surface area contributed by atoms with Crippen LogP contribution in [0.1, 0.15) is 24.9 Å². The highest BCUT2D eigenvalue weighted by atomic mass is 32.9. The molecule has 0 aliphatic carbocycles. The molecule has 0 saturated carbocycles. The number of aromatic nitrogens is 8. The molecule has 2 aliphatic heterocycles. The highest BCUT2D eigenvalue weighted by Crippen LogP contribution is 2.54. The van der Waals surface area contributed by atoms with Crippen molar-refractivity contribution in [1.82, 2.24) is 39.0 Å². The van der Waals surface area contributed by atoms with Crippen molar-refractivity contribution in [1.29, 1.82) is 0 Å². The van der Waals surface area contributed by atoms with Gasteiger partial charge in [-0.3, -0.25) is 28.0 Å². The van der Waals surface area contributed by atoms with Gasteiger partial charge < -0.3 is 36.0 Å². The van der Waals surface area contributed by atoms with Crippen LogP contribution in [0.2, 0.25) is 0 Å². The van der Waals surface area contributed by atoms with Crippen LogP contribution in [0, 0.1) is 0 Å². The first-order chi connectivity index (χ1) is 22.3. The lowest BCUT2D eigenvalue weighted by atomic mass is 10.0. The third kappa shape index (κ3) is 7.04. The maximum absolute atomic E-state index is 13.4. The molecule has 4 aromatic rings. The van der Waals surface area contributed by atoms with Gasteiger partial charge in [0.15, 0.2) is 35.6 Å². The van der Waals surface area contributed by atoms with Crippen molar-refractivity contribution in [3.8, 4) is 0 Å². The summed E-state index contributed by atoms with van der Waals surface area (Å²) in [6, 6.07) is 0. The number of anilines is 2. The van der Waals surface area contributed by atoms with E-state index < -0.39 is 73.5 Å². The number of fused-ring (bicyclic) bond motifs is 2. The number of nitrogens with two attached hydrogens (primary N) is 2. The first-order valence-corrected chi connectivity index (χ1v) is 19.5. The predicted octanol–water partition coefficient (Wildman–Crippen LogP) is 0.334. The number of H-pyrrole nitrogens is 1. The number of thioether (sulfide) groups is 1. The van der Waals surface area contributed by atoms with E-state index in [1.165, 1.54) is 23.5 Å². The number of nitrogens with one attached hydrogen (secondary N) is 1. The standard InChI is InChI=1S/C22H28N10O10P2S3/c1-22(2-9(38-8-39-43(45)46)19(41-22)31-6-27-11-15(23)25-5-26-16(11)31)4-40-44(36,37)42-14-13(34)10(3-33)47-20(14)32-7-28-12-17(32)29-21(24)30-18(12)35/h5-7,9-10,13-14,19-20,33-34H,2-4,8H2,1H3,(H6-,23,24,25,26,29,30,35,36,37,45,46)/p+1/t9-,10-,13-,14-,19-,20-,22+/m1/s1. The number of phosphoric ester groups is 1. The van der Waals surface area contributed by atoms with Crippen molar-refractivity contribution in [3.05, 3.63) is 29.3 Å². The summed E-state index contributed by atoms with van der Waals surface area (Å²) in [6.45, 7) is 0.487. The van der Waals surface area contributed by atoms with Gasteiger partial charge in [0.05, 0.1) is 42.8 Å². The summed E-state index contributed by atoms with van der Waals surface area (Å²) in [5.41, 5.74) is 10.5. The van der Waals surface area contributed by atoms with Crippen LogP contribution >= 0.6 is 38.0 Å². The minimum Gasteiger partial charge on any atom is -0.395 e. The SMILES string of the molecule is C[C@@]1(COP(=O)(O)O[C@@H]2[C@H](O)[C@@H](CO)S[C@H]2n2cnc3c(=O)[nH]c(N)nc32)C[C@@H](OCO[P+](=S)S)[C@H](n2cnc3c(N)ncnc32)O1. The Balaban J connectivity index is 1.21. The van der Waals surface area contributed by atoms with E-state index in [2.05, 4.69) is 42.2 Å². The van der Waals surface area contributed by atoms with Crippen molar-refractivity contribution < 1.29 is 42.7 Å². The number of rotatable bonds is 12. The van der Waals surface area contributed by atoms with Crippen molar-refractivity contribution >= 4 is 83.9 Å². The molecule has 9 atom stereocenters. The summed E-state index contributed by atoms with van der Waals surface area (Å²) >= 11 is 10.1. The van der Waals surface area contributed by atoms with Crippen LogP contribution in [0.4, 0.5) is 11.8 Å². The van der Waals surface area contributed by atoms with Crippen LogP contribution in [0.5, 0.6) is 0 Å². The predicted molar refractivity (Wildman–Crippen MR) is 174 cm³/mol. The van der Waals surface area contributed by atoms with Gasteiger partial charge in [0.25, 0.3) is 5.56 Å². The molecule has 0 radical (unpaired) electrons. The molecule has 0 bridgehead atoms. The number of hydrogen-bond donors (Lipinski definition) is 7. The van der Waals surface area contributed by atoms with Gasteiger partial charge in [-0.05, 0) is 6.92 Å². The molecule has 6 rings (SSSR count). The van der Waals surface area contributed by atoms with Crippen LogP contribution in [-0.2, 0) is 39.4 Å². The van der Waals surface area contributed by atoms with Crippen LogP contribution in [0.25, 0.3) is 22.3 Å². The van der Waals surface area contributed by atoms with Crippen LogP contribution in [0.3, 0.4) is 0 Å². The Morgan fingerprint density at radius 3 is 2.74 bits per heavy atom. The number of phosphoric acid groups is 1. The Kier molecular flexibility index (Phi) is 9.91. The number of nitrogen functional groups attached to an aromatic ring is 2. The van der Waals surface area contributed by atoms with Gasteiger partial charge in [-0.1, -0.05) is 0 Å². The van der Waals surface area contributed by atoms with Gasteiger partial charge in [0.2, 0.25) is 17.8 Å². The molecular formula is C22H29N10O10P2S3+. The van der Waals surface area contributed by atoms with E-state index in [9.17, 15) is 24.5 Å². The number of hydrogen-bond acceptors (Lipinski definition) is 18. The summed E-state index contributed by atoms with van der Waals surface area (Å²) in [6.07, 6.45) is -1.70. The second-order valence-corrected chi connectivity index (χ2v) is 17.2. The van der Waals surface area contributed by atoms with Crippen LogP contribution in [0.15, 0.2) is 23.8 Å². The molecule has 0 spiro atoms. The Hall–Kier alpha value is -2.37. The Labute approximate surface area is 279 Å². The molecule has 2 fully saturated rings. The van der Waals surface area contributed by atoms with Gasteiger partial charge >= 0.3 is 13.9 Å². The molecular weight excluding hydrogens is 722 g/mol. The summed E-state index contributed by atoms with van der Waals surface area (Å²) in [7, 11) is -4.93. The summed E-state index contributed by atoms with van der Waals surface area (Å²) < 4.78 is 44.9. The fraction of sp³-hybridized carbons (Fsp3) is 0.545. The zero-order valence-electron chi connectivity index (χ0n) is 24.2. The average Bonchev–Trinajstić information content (AvgIpc) is 3.77. The number of thiol groups is 1. The maximum atomic E-state index is 13.4. The fourth-order valence-electron chi connectivity index (χ4n) is 5.37. The zero-order valence-corrected chi connectivity index (χ0v) is 28.5. The second-order valence-electron chi connectivity index (χ2n) is 10.8. The topological polar surface area (TPSA) is 283 Å². The number of aromatic amines is 1.